The predicted molar refractivity (Wildman–Crippen MR) is 391 cm³/mol. The topological polar surface area (TPSA) is 230 Å². The zero-order chi connectivity index (χ0) is 72.6. The summed E-state index contributed by atoms with van der Waals surface area (Å²) < 4.78 is 33.7. The van der Waals surface area contributed by atoms with Gasteiger partial charge in [0.1, 0.15) is 36.6 Å². The zero-order valence-corrected chi connectivity index (χ0v) is 65.2. The van der Waals surface area contributed by atoms with E-state index in [1.165, 1.54) is 64.2 Å². The molecular weight excluding hydrogens is 1200 g/mol. The van der Waals surface area contributed by atoms with Crippen molar-refractivity contribution in [3.63, 3.8) is 0 Å². The molecule has 95 heavy (non-hydrogen) atoms. The Hall–Kier alpha value is -3.68. The molecule has 560 valence electrons. The van der Waals surface area contributed by atoms with Crippen LogP contribution in [0.3, 0.4) is 0 Å². The number of hydrogen-bond acceptors (Lipinski definition) is 12. The molecule has 8 unspecified atom stereocenters. The van der Waals surface area contributed by atoms with Crippen LogP contribution in [0.5, 0.6) is 0 Å². The lowest BCUT2D eigenvalue weighted by molar-refractivity contribution is -0.135. The van der Waals surface area contributed by atoms with Gasteiger partial charge in [-0.2, -0.15) is 0 Å². The quantitative estimate of drug-likeness (QED) is 0.0314. The first-order chi connectivity index (χ1) is 44.7. The van der Waals surface area contributed by atoms with Gasteiger partial charge in [0.25, 0.3) is 0 Å². The molecule has 18 heteroatoms. The van der Waals surface area contributed by atoms with Gasteiger partial charge in [0.2, 0.25) is 35.4 Å². The minimum absolute atomic E-state index is 0.0124. The minimum Gasteiger partial charge on any atom is -0.368 e. The molecule has 4 fully saturated rings. The first kappa shape index (κ1) is 93.4. The normalized spacial score (nSPS) is 17.9. The van der Waals surface area contributed by atoms with E-state index in [1.54, 1.807) is 0 Å². The van der Waals surface area contributed by atoms with E-state index in [-0.39, 0.29) is 114 Å². The van der Waals surface area contributed by atoms with E-state index in [0.29, 0.717) is 63.8 Å². The molecule has 0 bridgehead atoms. The highest BCUT2D eigenvalue weighted by atomic mass is 16.5. The summed E-state index contributed by atoms with van der Waals surface area (Å²) in [6, 6.07) is 1.09. The average Bonchev–Trinajstić information content (AvgIpc) is 1.93. The Morgan fingerprint density at radius 2 is 0.611 bits per heavy atom. The van der Waals surface area contributed by atoms with Gasteiger partial charge < -0.3 is 60.3 Å². The Morgan fingerprint density at radius 3 is 0.832 bits per heavy atom. The van der Waals surface area contributed by atoms with Crippen LogP contribution in [-0.4, -0.2) is 148 Å². The van der Waals surface area contributed by atoms with E-state index >= 15 is 0 Å². The zero-order valence-electron chi connectivity index (χ0n) is 65.2. The van der Waals surface area contributed by atoms with E-state index in [0.717, 1.165) is 88.0 Å². The van der Waals surface area contributed by atoms with Crippen molar-refractivity contribution in [2.24, 2.45) is 35.0 Å². The van der Waals surface area contributed by atoms with Crippen LogP contribution in [0, 0.1) is 35.0 Å². The summed E-state index contributed by atoms with van der Waals surface area (Å²) in [5, 5.41) is 17.5. The lowest BCUT2D eigenvalue weighted by Gasteiger charge is -2.29. The SMILES string of the molecule is C=C(C)CC(OCCC)C(=O)NC(C)C.CCCOC(CC(C)(C)C)C(=O)NC(C)C.CCCOC(CC1CC1)C(=O)NC(C)C.CCCOC(CC1CC1C)C(=O)NC(C)C.CCCOC(CC1CCC1)C(=O)NC(C)C.CCCOC(CC1CCCC1)C(=O)NC(C)C. The summed E-state index contributed by atoms with van der Waals surface area (Å²) in [5.41, 5.74) is 1.07. The van der Waals surface area contributed by atoms with Crippen LogP contribution >= 0.6 is 0 Å². The fourth-order valence-electron chi connectivity index (χ4n) is 10.4. The van der Waals surface area contributed by atoms with Gasteiger partial charge in [-0.3, -0.25) is 28.8 Å². The second kappa shape index (κ2) is 55.1. The summed E-state index contributed by atoms with van der Waals surface area (Å²) in [6.45, 7) is 54.3. The summed E-state index contributed by atoms with van der Waals surface area (Å²) >= 11 is 0. The molecule has 4 aliphatic carbocycles. The van der Waals surface area contributed by atoms with E-state index in [1.807, 2.05) is 96.9 Å². The van der Waals surface area contributed by atoms with Crippen molar-refractivity contribution >= 4 is 35.4 Å². The smallest absolute Gasteiger partial charge is 0.249 e. The van der Waals surface area contributed by atoms with Gasteiger partial charge in [-0.15, -0.1) is 6.58 Å². The highest BCUT2D eigenvalue weighted by Gasteiger charge is 2.37. The maximum Gasteiger partial charge on any atom is 0.249 e. The molecule has 0 aliphatic heterocycles. The standard InChI is InChI=1S/C14H27NO2.2C13H25NO2.C13H27NO2.2C12H23NO2/c1-4-9-17-13(14(16)15-11(2)3)10-12-7-5-6-8-12;1-5-6-16-12(8-11-7-10(11)4)13(15)14-9(2)3;1-4-8-16-12(9-11-6-5-7-11)13(15)14-10(2)3;1-7-8-16-11(9-13(4,5)6)12(15)14-10(2)3;1-4-7-15-11(8-10-5-6-10)12(14)13-9(2)3;1-6-7-15-11(8-9(2)3)12(14)13-10(4)5/h11-13H,4-10H2,1-3H3,(H,15,16);9-12H,5-8H2,1-4H3,(H,14,15);10-12H,4-9H2,1-3H3,(H,14,15);10-11H,7-9H2,1-6H3,(H,14,15);9-11H,4-8H2,1-3H3,(H,13,14);10-11H,2,6-8H2,1,3-5H3,(H,13,14). The predicted octanol–water partition coefficient (Wildman–Crippen LogP) is 14.9. The molecule has 0 saturated heterocycles. The number of rotatable bonds is 41. The summed E-state index contributed by atoms with van der Waals surface area (Å²) in [4.78, 5) is 71.2. The van der Waals surface area contributed by atoms with E-state index in [4.69, 9.17) is 28.4 Å². The number of hydrogen-bond donors (Lipinski definition) is 6. The molecule has 18 nitrogen and oxygen atoms in total. The molecule has 0 aromatic heterocycles. The Balaban J connectivity index is 0. The van der Waals surface area contributed by atoms with Gasteiger partial charge >= 0.3 is 0 Å². The third kappa shape index (κ3) is 53.0. The van der Waals surface area contributed by atoms with Crippen molar-refractivity contribution in [2.45, 2.75) is 373 Å². The van der Waals surface area contributed by atoms with Gasteiger partial charge in [0.05, 0.1) is 0 Å². The molecule has 8 atom stereocenters. The molecule has 4 aliphatic rings. The van der Waals surface area contributed by atoms with Gasteiger partial charge in [0, 0.05) is 82.3 Å². The molecule has 0 spiro atoms. The van der Waals surface area contributed by atoms with Crippen LogP contribution in [0.25, 0.3) is 0 Å². The summed E-state index contributed by atoms with van der Waals surface area (Å²) in [7, 11) is 0. The Morgan fingerprint density at radius 1 is 0.379 bits per heavy atom. The van der Waals surface area contributed by atoms with Gasteiger partial charge in [-0.25, -0.2) is 0 Å². The second-order valence-corrected chi connectivity index (χ2v) is 30.4. The second-order valence-electron chi connectivity index (χ2n) is 30.4. The first-order valence-electron chi connectivity index (χ1n) is 37.8. The van der Waals surface area contributed by atoms with Crippen LogP contribution in [0.15, 0.2) is 12.2 Å². The summed E-state index contributed by atoms with van der Waals surface area (Å²) in [6.07, 6.45) is 21.8. The highest BCUT2D eigenvalue weighted by Crippen LogP contribution is 2.42. The van der Waals surface area contributed by atoms with Crippen LogP contribution in [0.2, 0.25) is 0 Å². The third-order valence-corrected chi connectivity index (χ3v) is 15.6. The molecule has 4 saturated carbocycles. The summed E-state index contributed by atoms with van der Waals surface area (Å²) in [5.74, 6) is 3.82. The minimum atomic E-state index is -0.384. The molecule has 4 rings (SSSR count). The molecule has 6 N–H and O–H groups in total. The number of carbonyl (C=O) groups excluding carboxylic acids is 6. The molecular formula is C77H150N6O12. The van der Waals surface area contributed by atoms with Crippen molar-refractivity contribution < 1.29 is 57.2 Å². The monoisotopic (exact) mass is 1350 g/mol. The van der Waals surface area contributed by atoms with Gasteiger partial charge in [-0.05, 0) is 202 Å². The van der Waals surface area contributed by atoms with Crippen molar-refractivity contribution in [2.75, 3.05) is 39.6 Å². The molecule has 0 aromatic carbocycles. The number of carbonyl (C=O) groups is 6. The maximum atomic E-state index is 12.0. The van der Waals surface area contributed by atoms with Crippen LogP contribution in [-0.2, 0) is 57.2 Å². The van der Waals surface area contributed by atoms with Crippen LogP contribution in [0.4, 0.5) is 0 Å². The van der Waals surface area contributed by atoms with E-state index in [2.05, 4.69) is 101 Å². The van der Waals surface area contributed by atoms with Crippen molar-refractivity contribution in [3.8, 4) is 0 Å². The van der Waals surface area contributed by atoms with E-state index in [9.17, 15) is 28.8 Å². The number of ether oxygens (including phenoxy) is 6. The molecule has 0 aromatic rings. The van der Waals surface area contributed by atoms with Crippen molar-refractivity contribution in [1.29, 1.82) is 0 Å². The average molecular weight is 1350 g/mol. The van der Waals surface area contributed by atoms with E-state index < -0.39 is 0 Å². The van der Waals surface area contributed by atoms with Crippen molar-refractivity contribution in [3.05, 3.63) is 12.2 Å². The Labute approximate surface area is 582 Å². The van der Waals surface area contributed by atoms with Gasteiger partial charge in [0.15, 0.2) is 0 Å². The third-order valence-electron chi connectivity index (χ3n) is 15.6. The highest BCUT2D eigenvalue weighted by molar-refractivity contribution is 5.83. The lowest BCUT2D eigenvalue weighted by Crippen LogP contribution is -2.42. The fourth-order valence-corrected chi connectivity index (χ4v) is 10.4. The lowest BCUT2D eigenvalue weighted by atomic mass is 9.81. The Kier molecular flexibility index (Phi) is 54.2. The fraction of sp³-hybridized carbons (Fsp3) is 0.896. The van der Waals surface area contributed by atoms with Gasteiger partial charge in [-0.1, -0.05) is 133 Å². The first-order valence-corrected chi connectivity index (χ1v) is 37.8. The maximum absolute atomic E-state index is 12.0. The molecule has 6 amide bonds. The Bertz CT molecular complexity index is 1960. The molecule has 0 radical (unpaired) electrons. The van der Waals surface area contributed by atoms with Crippen molar-refractivity contribution in [1.82, 2.24) is 31.9 Å². The largest absolute Gasteiger partial charge is 0.368 e. The molecule has 0 heterocycles. The van der Waals surface area contributed by atoms with Crippen LogP contribution < -0.4 is 31.9 Å². The number of amides is 6. The number of nitrogens with one attached hydrogen (secondary N) is 6. The van der Waals surface area contributed by atoms with Crippen LogP contribution in [0.1, 0.15) is 301 Å².